The van der Waals surface area contributed by atoms with E-state index in [0.717, 1.165) is 6.07 Å². The van der Waals surface area contributed by atoms with Gasteiger partial charge in [-0.05, 0) is 24.2 Å². The fraction of sp³-hybridized carbons (Fsp3) is 0.538. The maximum Gasteiger partial charge on any atom is 0.419 e. The molecule has 0 spiro atoms. The minimum atomic E-state index is -4.48. The van der Waals surface area contributed by atoms with Crippen molar-refractivity contribution in [3.63, 3.8) is 0 Å². The Morgan fingerprint density at radius 2 is 2.00 bits per heavy atom. The molecule has 0 aliphatic rings. The first-order chi connectivity index (χ1) is 8.99. The molecule has 0 fully saturated rings. The van der Waals surface area contributed by atoms with Crippen molar-refractivity contribution in [3.8, 4) is 5.75 Å². The molecule has 1 aromatic carbocycles. The lowest BCUT2D eigenvalue weighted by Crippen LogP contribution is -2.14. The summed E-state index contributed by atoms with van der Waals surface area (Å²) in [5, 5.41) is 2.96. The third-order valence-electron chi connectivity index (χ3n) is 2.46. The van der Waals surface area contributed by atoms with Gasteiger partial charge in [0.2, 0.25) is 0 Å². The Hall–Kier alpha value is -1.30. The summed E-state index contributed by atoms with van der Waals surface area (Å²) in [5.41, 5.74) is -0.284. The van der Waals surface area contributed by atoms with Crippen LogP contribution in [-0.2, 0) is 12.7 Å². The summed E-state index contributed by atoms with van der Waals surface area (Å²) in [6.45, 7) is 2.24. The van der Waals surface area contributed by atoms with Crippen molar-refractivity contribution in [1.82, 2.24) is 5.32 Å². The van der Waals surface area contributed by atoms with Gasteiger partial charge in [-0.2, -0.15) is 13.2 Å². The van der Waals surface area contributed by atoms with Gasteiger partial charge in [-0.15, -0.1) is 0 Å². The number of rotatable bonds is 7. The van der Waals surface area contributed by atoms with Gasteiger partial charge >= 0.3 is 6.18 Å². The van der Waals surface area contributed by atoms with Crippen LogP contribution < -0.4 is 10.1 Å². The second-order valence-corrected chi connectivity index (χ2v) is 4.00. The Morgan fingerprint density at radius 1 is 1.26 bits per heavy atom. The van der Waals surface area contributed by atoms with E-state index in [1.54, 1.807) is 6.07 Å². The molecule has 0 bridgehead atoms. The summed E-state index contributed by atoms with van der Waals surface area (Å²) in [5.74, 6) is -0.249. The predicted octanol–water partition coefficient (Wildman–Crippen LogP) is 3.55. The highest BCUT2D eigenvalue weighted by atomic mass is 19.4. The van der Waals surface area contributed by atoms with Crippen molar-refractivity contribution in [2.45, 2.75) is 26.1 Å². The minimum absolute atomic E-state index is 0.0634. The second kappa shape index (κ2) is 7.33. The van der Waals surface area contributed by atoms with Crippen molar-refractivity contribution >= 4 is 0 Å². The van der Waals surface area contributed by atoms with Crippen LogP contribution in [0.3, 0.4) is 0 Å². The van der Waals surface area contributed by atoms with E-state index in [4.69, 9.17) is 4.74 Å². The van der Waals surface area contributed by atoms with E-state index in [1.165, 1.54) is 6.07 Å². The monoisotopic (exact) mass is 279 g/mol. The zero-order valence-electron chi connectivity index (χ0n) is 10.7. The Balaban J connectivity index is 2.90. The van der Waals surface area contributed by atoms with Crippen LogP contribution in [-0.4, -0.2) is 19.8 Å². The van der Waals surface area contributed by atoms with E-state index in [2.05, 4.69) is 5.32 Å². The van der Waals surface area contributed by atoms with E-state index in [0.29, 0.717) is 18.7 Å². The van der Waals surface area contributed by atoms with Crippen LogP contribution in [0, 0.1) is 0 Å². The number of nitrogens with one attached hydrogen (secondary N) is 1. The molecule has 19 heavy (non-hydrogen) atoms. The highest BCUT2D eigenvalue weighted by molar-refractivity contribution is 5.39. The molecule has 1 aromatic rings. The molecule has 0 aliphatic heterocycles. The molecule has 0 aliphatic carbocycles. The molecule has 0 atom stereocenters. The van der Waals surface area contributed by atoms with Gasteiger partial charge in [0.25, 0.3) is 0 Å². The summed E-state index contributed by atoms with van der Waals surface area (Å²) in [4.78, 5) is 0. The fourth-order valence-corrected chi connectivity index (χ4v) is 1.54. The Bertz CT molecular complexity index is 393. The van der Waals surface area contributed by atoms with Crippen molar-refractivity contribution in [2.75, 3.05) is 19.8 Å². The summed E-state index contributed by atoms with van der Waals surface area (Å²) in [6, 6.07) is 3.92. The number of ether oxygens (including phenoxy) is 1. The highest BCUT2D eigenvalue weighted by Gasteiger charge is 2.34. The Labute approximate surface area is 109 Å². The zero-order chi connectivity index (χ0) is 14.3. The first kappa shape index (κ1) is 15.8. The number of hydrogen-bond donors (Lipinski definition) is 1. The number of benzene rings is 1. The summed E-state index contributed by atoms with van der Waals surface area (Å²) in [7, 11) is 0. The first-order valence-electron chi connectivity index (χ1n) is 6.08. The van der Waals surface area contributed by atoms with Gasteiger partial charge in [0, 0.05) is 13.0 Å². The molecule has 0 heterocycles. The summed E-state index contributed by atoms with van der Waals surface area (Å²) in [6.07, 6.45) is -4.40. The van der Waals surface area contributed by atoms with Crippen LogP contribution in [0.5, 0.6) is 5.75 Å². The van der Waals surface area contributed by atoms with Crippen molar-refractivity contribution in [1.29, 1.82) is 0 Å². The van der Waals surface area contributed by atoms with E-state index in [1.807, 2.05) is 6.92 Å². The van der Waals surface area contributed by atoms with Crippen molar-refractivity contribution < 1.29 is 22.3 Å². The molecule has 0 amide bonds. The standard InChI is InChI=1S/C13H17F4NO/c1-2-18-9-10-4-5-12(19-7-3-6-14)11(8-10)13(15,16)17/h4-5,8,18H,2-3,6-7,9H2,1H3. The van der Waals surface area contributed by atoms with E-state index in [9.17, 15) is 17.6 Å². The molecule has 0 saturated heterocycles. The maximum absolute atomic E-state index is 12.9. The minimum Gasteiger partial charge on any atom is -0.493 e. The second-order valence-electron chi connectivity index (χ2n) is 4.00. The molecular formula is C13H17F4NO. The van der Waals surface area contributed by atoms with Gasteiger partial charge < -0.3 is 10.1 Å². The lowest BCUT2D eigenvalue weighted by Gasteiger charge is -2.15. The smallest absolute Gasteiger partial charge is 0.419 e. The van der Waals surface area contributed by atoms with Crippen molar-refractivity contribution in [3.05, 3.63) is 29.3 Å². The van der Waals surface area contributed by atoms with Gasteiger partial charge in [-0.3, -0.25) is 4.39 Å². The van der Waals surface area contributed by atoms with Gasteiger partial charge in [-0.1, -0.05) is 13.0 Å². The third kappa shape index (κ3) is 5.06. The van der Waals surface area contributed by atoms with E-state index < -0.39 is 18.4 Å². The van der Waals surface area contributed by atoms with Gasteiger partial charge in [0.1, 0.15) is 5.75 Å². The highest BCUT2D eigenvalue weighted by Crippen LogP contribution is 2.36. The van der Waals surface area contributed by atoms with Gasteiger partial charge in [0.05, 0.1) is 18.8 Å². The quantitative estimate of drug-likeness (QED) is 0.608. The summed E-state index contributed by atoms with van der Waals surface area (Å²) >= 11 is 0. The molecule has 1 rings (SSSR count). The lowest BCUT2D eigenvalue weighted by molar-refractivity contribution is -0.139. The fourth-order valence-electron chi connectivity index (χ4n) is 1.54. The molecular weight excluding hydrogens is 262 g/mol. The summed E-state index contributed by atoms with van der Waals surface area (Å²) < 4.78 is 55.6. The van der Waals surface area contributed by atoms with Crippen LogP contribution in [0.2, 0.25) is 0 Å². The predicted molar refractivity (Wildman–Crippen MR) is 64.9 cm³/mol. The molecule has 0 unspecified atom stereocenters. The van der Waals surface area contributed by atoms with Crippen LogP contribution >= 0.6 is 0 Å². The topological polar surface area (TPSA) is 21.3 Å². The average Bonchev–Trinajstić information content (AvgIpc) is 2.36. The number of alkyl halides is 4. The third-order valence-corrected chi connectivity index (χ3v) is 2.46. The van der Waals surface area contributed by atoms with Crippen molar-refractivity contribution in [2.24, 2.45) is 0 Å². The van der Waals surface area contributed by atoms with Crippen LogP contribution in [0.25, 0.3) is 0 Å². The molecule has 0 radical (unpaired) electrons. The Morgan fingerprint density at radius 3 is 2.58 bits per heavy atom. The van der Waals surface area contributed by atoms with Crippen LogP contribution in [0.1, 0.15) is 24.5 Å². The lowest BCUT2D eigenvalue weighted by atomic mass is 10.1. The van der Waals surface area contributed by atoms with E-state index >= 15 is 0 Å². The normalized spacial score (nSPS) is 11.6. The maximum atomic E-state index is 12.9. The van der Waals surface area contributed by atoms with Gasteiger partial charge in [0.15, 0.2) is 0 Å². The Kier molecular flexibility index (Phi) is 6.08. The first-order valence-corrected chi connectivity index (χ1v) is 6.08. The molecule has 108 valence electrons. The largest absolute Gasteiger partial charge is 0.493 e. The molecule has 1 N–H and O–H groups in total. The molecule has 0 saturated carbocycles. The molecule has 6 heteroatoms. The SMILES string of the molecule is CCNCc1ccc(OCCCF)c(C(F)(F)F)c1. The number of halogens is 4. The van der Waals surface area contributed by atoms with Crippen LogP contribution in [0.15, 0.2) is 18.2 Å². The zero-order valence-corrected chi connectivity index (χ0v) is 10.7. The van der Waals surface area contributed by atoms with E-state index in [-0.39, 0.29) is 18.8 Å². The molecule has 2 nitrogen and oxygen atoms in total. The van der Waals surface area contributed by atoms with Crippen LogP contribution in [0.4, 0.5) is 17.6 Å². The molecule has 0 aromatic heterocycles. The number of hydrogen-bond acceptors (Lipinski definition) is 2. The average molecular weight is 279 g/mol. The van der Waals surface area contributed by atoms with Gasteiger partial charge in [-0.25, -0.2) is 0 Å².